The van der Waals surface area contributed by atoms with Crippen molar-refractivity contribution in [2.75, 3.05) is 31.7 Å². The minimum Gasteiger partial charge on any atom is -0.497 e. The number of carbonyl (C=O) groups is 1. The summed E-state index contributed by atoms with van der Waals surface area (Å²) in [6.45, 7) is 5.51. The van der Waals surface area contributed by atoms with Gasteiger partial charge in [0.2, 0.25) is 0 Å². The molecular formula is C25H30N4O4S. The highest BCUT2D eigenvalue weighted by atomic mass is 32.2. The van der Waals surface area contributed by atoms with Crippen LogP contribution in [0.3, 0.4) is 0 Å². The molecule has 0 spiro atoms. The van der Waals surface area contributed by atoms with Crippen LogP contribution in [0, 0.1) is 12.8 Å². The van der Waals surface area contributed by atoms with Gasteiger partial charge in [-0.15, -0.1) is 0 Å². The molecule has 0 bridgehead atoms. The molecule has 2 saturated heterocycles. The fourth-order valence-electron chi connectivity index (χ4n) is 5.16. The molecule has 1 aromatic carbocycles. The minimum absolute atomic E-state index is 0.0181. The van der Waals surface area contributed by atoms with Gasteiger partial charge in [0, 0.05) is 18.7 Å². The van der Waals surface area contributed by atoms with Crippen LogP contribution in [0.4, 0.5) is 0 Å². The maximum atomic E-state index is 13.8. The van der Waals surface area contributed by atoms with E-state index in [9.17, 15) is 13.2 Å². The lowest BCUT2D eigenvalue weighted by molar-refractivity contribution is 0.0685. The Labute approximate surface area is 199 Å². The number of sulfone groups is 1. The van der Waals surface area contributed by atoms with Gasteiger partial charge in [-0.05, 0) is 62.4 Å². The number of likely N-dealkylation sites (tertiary alicyclic amines) is 1. The molecule has 180 valence electrons. The van der Waals surface area contributed by atoms with Crippen molar-refractivity contribution < 1.29 is 17.9 Å². The summed E-state index contributed by atoms with van der Waals surface area (Å²) in [6, 6.07) is 9.13. The fraction of sp³-hybridized carbons (Fsp3) is 0.480. The predicted octanol–water partition coefficient (Wildman–Crippen LogP) is 3.65. The van der Waals surface area contributed by atoms with Crippen LogP contribution in [-0.4, -0.2) is 65.7 Å². The summed E-state index contributed by atoms with van der Waals surface area (Å²) in [5.74, 6) is 1.37. The van der Waals surface area contributed by atoms with Crippen LogP contribution >= 0.6 is 0 Å². The fourth-order valence-corrected chi connectivity index (χ4v) is 6.85. The number of carbonyl (C=O) groups excluding carboxylic acids is 1. The first-order chi connectivity index (χ1) is 16.3. The van der Waals surface area contributed by atoms with Gasteiger partial charge >= 0.3 is 0 Å². The topological polar surface area (TPSA) is 94.4 Å². The molecule has 8 nitrogen and oxygen atoms in total. The van der Waals surface area contributed by atoms with Gasteiger partial charge in [-0.1, -0.05) is 6.92 Å². The monoisotopic (exact) mass is 482 g/mol. The Bertz CT molecular complexity index is 1350. The van der Waals surface area contributed by atoms with E-state index in [1.165, 1.54) is 0 Å². The molecule has 2 fully saturated rings. The first-order valence-electron chi connectivity index (χ1n) is 11.8. The standard InChI is InChI=1S/C25H30N4O4S/c1-16-5-4-11-28(14-16)25(30)21-13-22(18-6-8-20(33-3)9-7-18)26-24-23(21)17(2)27-29(24)19-10-12-34(31,32)15-19/h6-9,13,16,19H,4-5,10-12,14-15H2,1-3H3/t16-,19-/m1/s1. The Morgan fingerprint density at radius 3 is 2.59 bits per heavy atom. The Hall–Kier alpha value is -2.94. The van der Waals surface area contributed by atoms with Crippen LogP contribution in [0.15, 0.2) is 30.3 Å². The van der Waals surface area contributed by atoms with Crippen molar-refractivity contribution >= 4 is 26.8 Å². The Morgan fingerprint density at radius 1 is 1.18 bits per heavy atom. The maximum absolute atomic E-state index is 13.8. The van der Waals surface area contributed by atoms with Gasteiger partial charge in [-0.3, -0.25) is 4.79 Å². The van der Waals surface area contributed by atoms with Crippen LogP contribution in [0.2, 0.25) is 0 Å². The molecule has 2 aliphatic rings. The van der Waals surface area contributed by atoms with E-state index in [0.29, 0.717) is 40.3 Å². The van der Waals surface area contributed by atoms with E-state index in [2.05, 4.69) is 6.92 Å². The van der Waals surface area contributed by atoms with E-state index in [1.54, 1.807) is 11.8 Å². The minimum atomic E-state index is -3.10. The summed E-state index contributed by atoms with van der Waals surface area (Å²) in [5.41, 5.74) is 3.36. The van der Waals surface area contributed by atoms with E-state index >= 15 is 0 Å². The van der Waals surface area contributed by atoms with Gasteiger partial charge in [0.15, 0.2) is 15.5 Å². The van der Waals surface area contributed by atoms with Crippen LogP contribution in [0.1, 0.15) is 48.3 Å². The second kappa shape index (κ2) is 8.69. The number of hydrogen-bond donors (Lipinski definition) is 0. The molecule has 0 saturated carbocycles. The molecule has 2 atom stereocenters. The third-order valence-electron chi connectivity index (χ3n) is 6.95. The molecule has 4 heterocycles. The molecule has 34 heavy (non-hydrogen) atoms. The lowest BCUT2D eigenvalue weighted by atomic mass is 9.98. The maximum Gasteiger partial charge on any atom is 0.254 e. The number of aromatic nitrogens is 3. The molecule has 1 amide bonds. The van der Waals surface area contributed by atoms with Crippen LogP contribution in [-0.2, 0) is 9.84 Å². The van der Waals surface area contributed by atoms with Crippen molar-refractivity contribution in [3.8, 4) is 17.0 Å². The Balaban J connectivity index is 1.68. The highest BCUT2D eigenvalue weighted by Gasteiger charge is 2.33. The number of piperidine rings is 1. The number of aryl methyl sites for hydroxylation is 1. The van der Waals surface area contributed by atoms with Gasteiger partial charge in [0.05, 0.1) is 47.0 Å². The summed E-state index contributed by atoms with van der Waals surface area (Å²) in [7, 11) is -1.48. The normalized spacial score (nSPS) is 22.3. The van der Waals surface area contributed by atoms with Crippen molar-refractivity contribution in [3.05, 3.63) is 41.6 Å². The largest absolute Gasteiger partial charge is 0.497 e. The summed E-state index contributed by atoms with van der Waals surface area (Å²) in [4.78, 5) is 20.6. The highest BCUT2D eigenvalue weighted by molar-refractivity contribution is 7.91. The molecule has 5 rings (SSSR count). The molecular weight excluding hydrogens is 452 g/mol. The lowest BCUT2D eigenvalue weighted by Crippen LogP contribution is -2.39. The molecule has 3 aromatic rings. The molecule has 0 radical (unpaired) electrons. The number of benzene rings is 1. The zero-order chi connectivity index (χ0) is 24.0. The smallest absolute Gasteiger partial charge is 0.254 e. The zero-order valence-corrected chi connectivity index (χ0v) is 20.6. The van der Waals surface area contributed by atoms with E-state index < -0.39 is 9.84 Å². The molecule has 2 aromatic heterocycles. The number of ether oxygens (including phenoxy) is 1. The molecule has 0 N–H and O–H groups in total. The second-order valence-corrected chi connectivity index (χ2v) is 11.8. The van der Waals surface area contributed by atoms with Crippen molar-refractivity contribution in [1.82, 2.24) is 19.7 Å². The number of hydrogen-bond acceptors (Lipinski definition) is 6. The van der Waals surface area contributed by atoms with Crippen molar-refractivity contribution in [3.63, 3.8) is 0 Å². The van der Waals surface area contributed by atoms with E-state index in [-0.39, 0.29) is 23.5 Å². The van der Waals surface area contributed by atoms with Gasteiger partial charge in [0.1, 0.15) is 5.75 Å². The Kier molecular flexibility index (Phi) is 5.83. The summed E-state index contributed by atoms with van der Waals surface area (Å²) in [5, 5.41) is 5.41. The van der Waals surface area contributed by atoms with E-state index in [4.69, 9.17) is 14.8 Å². The van der Waals surface area contributed by atoms with E-state index in [0.717, 1.165) is 37.2 Å². The van der Waals surface area contributed by atoms with Gasteiger partial charge in [0.25, 0.3) is 5.91 Å². The van der Waals surface area contributed by atoms with Crippen LogP contribution in [0.25, 0.3) is 22.3 Å². The second-order valence-electron chi connectivity index (χ2n) is 9.57. The average molecular weight is 483 g/mol. The summed E-state index contributed by atoms with van der Waals surface area (Å²) >= 11 is 0. The Morgan fingerprint density at radius 2 is 1.94 bits per heavy atom. The summed E-state index contributed by atoms with van der Waals surface area (Å²) < 4.78 is 31.4. The van der Waals surface area contributed by atoms with Crippen LogP contribution < -0.4 is 4.74 Å². The lowest BCUT2D eigenvalue weighted by Gasteiger charge is -2.31. The molecule has 2 aliphatic heterocycles. The number of nitrogens with zero attached hydrogens (tertiary/aromatic N) is 4. The first kappa shape index (κ1) is 22.8. The number of methoxy groups -OCH3 is 1. The third-order valence-corrected chi connectivity index (χ3v) is 8.70. The van der Waals surface area contributed by atoms with Crippen molar-refractivity contribution in [1.29, 1.82) is 0 Å². The van der Waals surface area contributed by atoms with Crippen molar-refractivity contribution in [2.24, 2.45) is 5.92 Å². The number of amides is 1. The number of fused-ring (bicyclic) bond motifs is 1. The summed E-state index contributed by atoms with van der Waals surface area (Å²) in [6.07, 6.45) is 2.62. The molecule has 0 unspecified atom stereocenters. The van der Waals surface area contributed by atoms with Gasteiger partial charge < -0.3 is 9.64 Å². The molecule has 9 heteroatoms. The van der Waals surface area contributed by atoms with Gasteiger partial charge in [-0.25, -0.2) is 18.1 Å². The van der Waals surface area contributed by atoms with E-state index in [1.807, 2.05) is 42.2 Å². The highest BCUT2D eigenvalue weighted by Crippen LogP contribution is 2.33. The molecule has 0 aliphatic carbocycles. The van der Waals surface area contributed by atoms with Crippen molar-refractivity contribution in [2.45, 2.75) is 39.2 Å². The van der Waals surface area contributed by atoms with Crippen LogP contribution in [0.5, 0.6) is 5.75 Å². The van der Waals surface area contributed by atoms with Gasteiger partial charge in [-0.2, -0.15) is 5.10 Å². The number of rotatable bonds is 4. The number of pyridine rings is 1. The SMILES string of the molecule is COc1ccc(-c2cc(C(=O)N3CCC[C@@H](C)C3)c3c(C)nn([C@@H]4CCS(=O)(=O)C4)c3n2)cc1. The predicted molar refractivity (Wildman–Crippen MR) is 131 cm³/mol. The average Bonchev–Trinajstić information content (AvgIpc) is 3.36. The quantitative estimate of drug-likeness (QED) is 0.563. The third kappa shape index (κ3) is 4.17. The zero-order valence-electron chi connectivity index (χ0n) is 19.8. The first-order valence-corrected chi connectivity index (χ1v) is 13.6.